The van der Waals surface area contributed by atoms with Crippen LogP contribution in [0.5, 0.6) is 0 Å². The molecule has 1 aliphatic rings. The van der Waals surface area contributed by atoms with Gasteiger partial charge in [-0.15, -0.1) is 11.3 Å². The lowest BCUT2D eigenvalue weighted by molar-refractivity contribution is 0.418. The molecule has 2 nitrogen and oxygen atoms in total. The quantitative estimate of drug-likeness (QED) is 0.761. The van der Waals surface area contributed by atoms with E-state index in [9.17, 15) is 0 Å². The highest BCUT2D eigenvalue weighted by Gasteiger charge is 2.23. The molecular formula is C9H14N2S. The molecule has 12 heavy (non-hydrogen) atoms. The number of rotatable bonds is 2. The molecule has 0 saturated heterocycles. The Morgan fingerprint density at radius 1 is 1.58 bits per heavy atom. The van der Waals surface area contributed by atoms with E-state index in [1.54, 1.807) is 0 Å². The van der Waals surface area contributed by atoms with Crippen molar-refractivity contribution in [1.29, 1.82) is 0 Å². The third-order valence-electron chi connectivity index (χ3n) is 2.55. The molecule has 3 heteroatoms. The van der Waals surface area contributed by atoms with Crippen molar-refractivity contribution < 1.29 is 0 Å². The van der Waals surface area contributed by atoms with E-state index in [0.29, 0.717) is 6.54 Å². The second kappa shape index (κ2) is 3.15. The molecule has 0 bridgehead atoms. The molecule has 2 N–H and O–H groups in total. The highest BCUT2D eigenvalue weighted by molar-refractivity contribution is 7.11. The summed E-state index contributed by atoms with van der Waals surface area (Å²) in [5.41, 5.74) is 6.74. The molecule has 0 unspecified atom stereocenters. The summed E-state index contributed by atoms with van der Waals surface area (Å²) in [5.74, 6) is 0.758. The second-order valence-electron chi connectivity index (χ2n) is 3.39. The summed E-state index contributed by atoms with van der Waals surface area (Å²) in [6, 6.07) is 0. The molecule has 1 aliphatic carbocycles. The van der Waals surface area contributed by atoms with Crippen molar-refractivity contribution in [2.24, 2.45) is 5.73 Å². The number of aromatic nitrogens is 1. The number of hydrogen-bond acceptors (Lipinski definition) is 3. The van der Waals surface area contributed by atoms with Crippen LogP contribution in [-0.4, -0.2) is 4.98 Å². The molecule has 1 aromatic rings. The van der Waals surface area contributed by atoms with Gasteiger partial charge in [-0.3, -0.25) is 0 Å². The topological polar surface area (TPSA) is 38.9 Å². The summed E-state index contributed by atoms with van der Waals surface area (Å²) in [4.78, 5) is 5.80. The molecule has 1 aromatic heterocycles. The second-order valence-corrected chi connectivity index (χ2v) is 4.51. The molecule has 0 spiro atoms. The maximum atomic E-state index is 5.59. The summed E-state index contributed by atoms with van der Waals surface area (Å²) in [5, 5.41) is 1.32. The van der Waals surface area contributed by atoms with Gasteiger partial charge in [-0.2, -0.15) is 0 Å². The normalized spacial score (nSPS) is 17.8. The Morgan fingerprint density at radius 2 is 2.33 bits per heavy atom. The van der Waals surface area contributed by atoms with Crippen molar-refractivity contribution >= 4 is 11.3 Å². The van der Waals surface area contributed by atoms with E-state index < -0.39 is 0 Å². The molecule has 1 saturated carbocycles. The predicted molar refractivity (Wildman–Crippen MR) is 51.3 cm³/mol. The van der Waals surface area contributed by atoms with Crippen molar-refractivity contribution in [2.75, 3.05) is 0 Å². The van der Waals surface area contributed by atoms with Crippen LogP contribution in [0.3, 0.4) is 0 Å². The van der Waals surface area contributed by atoms with Gasteiger partial charge in [-0.1, -0.05) is 6.42 Å². The van der Waals surface area contributed by atoms with E-state index >= 15 is 0 Å². The van der Waals surface area contributed by atoms with Crippen LogP contribution < -0.4 is 5.73 Å². The molecule has 66 valence electrons. The van der Waals surface area contributed by atoms with Crippen LogP contribution in [0.15, 0.2) is 0 Å². The molecule has 0 radical (unpaired) electrons. The summed E-state index contributed by atoms with van der Waals surface area (Å²) in [6.07, 6.45) is 4.04. The highest BCUT2D eigenvalue weighted by atomic mass is 32.1. The SMILES string of the molecule is Cc1nc(C2CCC2)sc1CN. The van der Waals surface area contributed by atoms with Crippen molar-refractivity contribution in [2.45, 2.75) is 38.6 Å². The minimum absolute atomic E-state index is 0.649. The van der Waals surface area contributed by atoms with Crippen LogP contribution in [0.2, 0.25) is 0 Å². The maximum absolute atomic E-state index is 5.59. The van der Waals surface area contributed by atoms with Crippen LogP contribution in [0.1, 0.15) is 40.8 Å². The zero-order valence-electron chi connectivity index (χ0n) is 7.34. The minimum atomic E-state index is 0.649. The van der Waals surface area contributed by atoms with Gasteiger partial charge in [0.05, 0.1) is 10.7 Å². The summed E-state index contributed by atoms with van der Waals surface area (Å²) in [7, 11) is 0. The zero-order chi connectivity index (χ0) is 8.55. The fraction of sp³-hybridized carbons (Fsp3) is 0.667. The van der Waals surface area contributed by atoms with Crippen molar-refractivity contribution in [3.8, 4) is 0 Å². The number of thiazole rings is 1. The van der Waals surface area contributed by atoms with E-state index in [2.05, 4.69) is 11.9 Å². The lowest BCUT2D eigenvalue weighted by Gasteiger charge is -2.22. The monoisotopic (exact) mass is 182 g/mol. The average Bonchev–Trinajstić information content (AvgIpc) is 2.27. The molecule has 2 rings (SSSR count). The van der Waals surface area contributed by atoms with Crippen LogP contribution in [0.4, 0.5) is 0 Å². The Balaban J connectivity index is 2.21. The Labute approximate surface area is 76.8 Å². The van der Waals surface area contributed by atoms with E-state index in [0.717, 1.165) is 11.6 Å². The van der Waals surface area contributed by atoms with Crippen molar-refractivity contribution in [3.05, 3.63) is 15.6 Å². The fourth-order valence-electron chi connectivity index (χ4n) is 1.47. The summed E-state index contributed by atoms with van der Waals surface area (Å²) >= 11 is 1.81. The average molecular weight is 182 g/mol. The van der Waals surface area contributed by atoms with Gasteiger partial charge < -0.3 is 5.73 Å². The third-order valence-corrected chi connectivity index (χ3v) is 3.89. The molecule has 0 aliphatic heterocycles. The Kier molecular flexibility index (Phi) is 2.15. The van der Waals surface area contributed by atoms with Gasteiger partial charge in [0.15, 0.2) is 0 Å². The first-order valence-electron chi connectivity index (χ1n) is 4.47. The van der Waals surface area contributed by atoms with E-state index in [-0.39, 0.29) is 0 Å². The maximum Gasteiger partial charge on any atom is 0.0962 e. The third kappa shape index (κ3) is 1.27. The number of aryl methyl sites for hydroxylation is 1. The van der Waals surface area contributed by atoms with E-state index in [4.69, 9.17) is 5.73 Å². The fourth-order valence-corrected chi connectivity index (χ4v) is 2.58. The van der Waals surface area contributed by atoms with Crippen molar-refractivity contribution in [1.82, 2.24) is 4.98 Å². The first-order valence-corrected chi connectivity index (χ1v) is 5.29. The standard InChI is InChI=1S/C9H14N2S/c1-6-8(5-10)12-9(11-6)7-3-2-4-7/h7H,2-5,10H2,1H3. The first kappa shape index (κ1) is 8.20. The Morgan fingerprint density at radius 3 is 2.75 bits per heavy atom. The number of hydrogen-bond donors (Lipinski definition) is 1. The highest BCUT2D eigenvalue weighted by Crippen LogP contribution is 2.38. The first-order chi connectivity index (χ1) is 5.81. The van der Waals surface area contributed by atoms with Gasteiger partial charge in [-0.05, 0) is 19.8 Å². The van der Waals surface area contributed by atoms with Crippen LogP contribution in [-0.2, 0) is 6.54 Å². The van der Waals surface area contributed by atoms with Gasteiger partial charge in [-0.25, -0.2) is 4.98 Å². The minimum Gasteiger partial charge on any atom is -0.326 e. The summed E-state index contributed by atoms with van der Waals surface area (Å²) in [6.45, 7) is 2.71. The van der Waals surface area contributed by atoms with Crippen molar-refractivity contribution in [3.63, 3.8) is 0 Å². The van der Waals surface area contributed by atoms with Crippen LogP contribution >= 0.6 is 11.3 Å². The molecule has 1 heterocycles. The molecule has 1 fully saturated rings. The Bertz CT molecular complexity index is 276. The lowest BCUT2D eigenvalue weighted by atomic mass is 9.86. The van der Waals surface area contributed by atoms with Gasteiger partial charge in [0, 0.05) is 17.3 Å². The zero-order valence-corrected chi connectivity index (χ0v) is 8.16. The van der Waals surface area contributed by atoms with E-state index in [1.165, 1.54) is 29.1 Å². The molecule has 0 atom stereocenters. The molecule has 0 aromatic carbocycles. The predicted octanol–water partition coefficient (Wildman–Crippen LogP) is 2.18. The Hall–Kier alpha value is -0.410. The smallest absolute Gasteiger partial charge is 0.0962 e. The number of nitrogens with zero attached hydrogens (tertiary/aromatic N) is 1. The van der Waals surface area contributed by atoms with Gasteiger partial charge in [0.25, 0.3) is 0 Å². The van der Waals surface area contributed by atoms with Gasteiger partial charge in [0.1, 0.15) is 0 Å². The van der Waals surface area contributed by atoms with E-state index in [1.807, 2.05) is 11.3 Å². The van der Waals surface area contributed by atoms with Gasteiger partial charge in [0.2, 0.25) is 0 Å². The number of nitrogens with two attached hydrogens (primary N) is 1. The summed E-state index contributed by atoms with van der Waals surface area (Å²) < 4.78 is 0. The van der Waals surface area contributed by atoms with Crippen LogP contribution in [0, 0.1) is 6.92 Å². The van der Waals surface area contributed by atoms with Gasteiger partial charge >= 0.3 is 0 Å². The lowest BCUT2D eigenvalue weighted by Crippen LogP contribution is -2.07. The molecule has 0 amide bonds. The van der Waals surface area contributed by atoms with Crippen LogP contribution in [0.25, 0.3) is 0 Å². The molecular weight excluding hydrogens is 168 g/mol. The largest absolute Gasteiger partial charge is 0.326 e.